The number of aryl methyl sites for hydroxylation is 2. The summed E-state index contributed by atoms with van der Waals surface area (Å²) in [5.41, 5.74) is 6.55. The van der Waals surface area contributed by atoms with Gasteiger partial charge in [0.15, 0.2) is 0 Å². The molecule has 1 heterocycles. The fraction of sp³-hybridized carbons (Fsp3) is 0.385. The maximum absolute atomic E-state index is 11.4. The average Bonchev–Trinajstić information content (AvgIpc) is 3.58. The number of hydrogen-bond donors (Lipinski definition) is 2. The van der Waals surface area contributed by atoms with Crippen molar-refractivity contribution in [1.29, 1.82) is 5.26 Å². The van der Waals surface area contributed by atoms with Gasteiger partial charge in [-0.3, -0.25) is 14.6 Å². The summed E-state index contributed by atoms with van der Waals surface area (Å²) in [6.45, 7) is 19.9. The summed E-state index contributed by atoms with van der Waals surface area (Å²) in [5.74, 6) is 0.460. The lowest BCUT2D eigenvalue weighted by molar-refractivity contribution is -0.116. The molecule has 1 fully saturated rings. The zero-order valence-corrected chi connectivity index (χ0v) is 29.3. The molecule has 1 aliphatic carbocycles. The highest BCUT2D eigenvalue weighted by Gasteiger charge is 2.32. The quantitative estimate of drug-likeness (QED) is 0.121. The molecule has 3 unspecified atom stereocenters. The van der Waals surface area contributed by atoms with Crippen molar-refractivity contribution in [3.63, 3.8) is 0 Å². The number of aliphatic imine (C=N–C) groups is 1. The molecule has 3 rings (SSSR count). The van der Waals surface area contributed by atoms with Crippen LogP contribution in [0.2, 0.25) is 0 Å². The lowest BCUT2D eigenvalue weighted by Gasteiger charge is -2.21. The van der Waals surface area contributed by atoms with E-state index in [1.54, 1.807) is 25.3 Å². The Hall–Kier alpha value is -4.15. The Morgan fingerprint density at radius 1 is 1.20 bits per heavy atom. The molecule has 0 radical (unpaired) electrons. The van der Waals surface area contributed by atoms with Crippen LogP contribution >= 0.6 is 11.8 Å². The molecular formula is C39H52N4O2S. The smallest absolute Gasteiger partial charge is 0.250 e. The van der Waals surface area contributed by atoms with Crippen LogP contribution in [-0.2, 0) is 16.0 Å². The molecular weight excluding hydrogens is 589 g/mol. The highest BCUT2D eigenvalue weighted by atomic mass is 32.2. The number of hydrogen-bond acceptors (Lipinski definition) is 7. The molecule has 1 aromatic carbocycles. The molecule has 0 amide bonds. The summed E-state index contributed by atoms with van der Waals surface area (Å²) in [7, 11) is 0. The van der Waals surface area contributed by atoms with Gasteiger partial charge in [0.2, 0.25) is 0 Å². The normalized spacial score (nSPS) is 19.2. The molecule has 1 aliphatic heterocycles. The topological polar surface area (TPSA) is 94.4 Å². The van der Waals surface area contributed by atoms with Crippen LogP contribution in [0.3, 0.4) is 0 Å². The van der Waals surface area contributed by atoms with Crippen LogP contribution < -0.4 is 10.6 Å². The number of benzene rings is 1. The van der Waals surface area contributed by atoms with Crippen LogP contribution in [-0.4, -0.2) is 41.9 Å². The number of rotatable bonds is 14. The predicted molar refractivity (Wildman–Crippen MR) is 199 cm³/mol. The molecule has 7 heteroatoms. The van der Waals surface area contributed by atoms with Crippen molar-refractivity contribution in [2.24, 2.45) is 10.9 Å². The van der Waals surface area contributed by atoms with Gasteiger partial charge in [-0.2, -0.15) is 5.26 Å². The Kier molecular flexibility index (Phi) is 20.1. The Morgan fingerprint density at radius 2 is 1.96 bits per heavy atom. The summed E-state index contributed by atoms with van der Waals surface area (Å²) in [4.78, 5) is 26.5. The van der Waals surface area contributed by atoms with Crippen molar-refractivity contribution >= 4 is 35.7 Å². The van der Waals surface area contributed by atoms with Crippen LogP contribution in [0.1, 0.15) is 70.6 Å². The van der Waals surface area contributed by atoms with Crippen LogP contribution in [0.25, 0.3) is 5.70 Å². The maximum Gasteiger partial charge on any atom is 0.250 e. The van der Waals surface area contributed by atoms with Gasteiger partial charge in [0.05, 0.1) is 17.5 Å². The van der Waals surface area contributed by atoms with Crippen LogP contribution in [0.5, 0.6) is 0 Å². The first kappa shape index (κ1) is 39.9. The van der Waals surface area contributed by atoms with E-state index in [1.165, 1.54) is 23.1 Å². The number of nitriles is 1. The standard InChI is InChI=1S/C22H26N4O.C15H20OS.C2H6/c1-5-7-18(10-11-25-15-20(27)13-23)14-26-16-22(24-4)21-9-8-17(3)12-19(21)6-2;1-3-4-12-5-7-13(8-6-12)15-10-9-14(17-15)11(2)16;1-2/h5,7-12,16,25-26H,1,4,6,14-15H2,2-3H3;3-7,13-15H,8-10H2,1-2H3;1-2H3/b11-10-,18-7+,22-16-;4-3+;. The summed E-state index contributed by atoms with van der Waals surface area (Å²) >= 11 is 1.89. The predicted octanol–water partition coefficient (Wildman–Crippen LogP) is 8.40. The van der Waals surface area contributed by atoms with Gasteiger partial charge in [-0.1, -0.05) is 93.6 Å². The Labute approximate surface area is 281 Å². The van der Waals surface area contributed by atoms with Gasteiger partial charge in [0, 0.05) is 23.6 Å². The van der Waals surface area contributed by atoms with Crippen LogP contribution in [0.4, 0.5) is 0 Å². The van der Waals surface area contributed by atoms with Crippen LogP contribution in [0.15, 0.2) is 102 Å². The summed E-state index contributed by atoms with van der Waals surface area (Å²) in [5, 5.41) is 15.4. The molecule has 6 nitrogen and oxygen atoms in total. The average molecular weight is 641 g/mol. The van der Waals surface area contributed by atoms with E-state index in [0.29, 0.717) is 23.5 Å². The molecule has 46 heavy (non-hydrogen) atoms. The monoisotopic (exact) mass is 640 g/mol. The van der Waals surface area contributed by atoms with Gasteiger partial charge < -0.3 is 10.6 Å². The van der Waals surface area contributed by atoms with Crippen LogP contribution in [0, 0.1) is 24.2 Å². The lowest BCUT2D eigenvalue weighted by atomic mass is 9.91. The van der Waals surface area contributed by atoms with Gasteiger partial charge >= 0.3 is 0 Å². The Bertz CT molecular complexity index is 1390. The first-order valence-electron chi connectivity index (χ1n) is 16.1. The van der Waals surface area contributed by atoms with Gasteiger partial charge in [0.25, 0.3) is 5.78 Å². The second-order valence-electron chi connectivity index (χ2n) is 10.6. The maximum atomic E-state index is 11.4. The van der Waals surface area contributed by atoms with E-state index in [0.717, 1.165) is 36.1 Å². The molecule has 0 bridgehead atoms. The van der Waals surface area contributed by atoms with E-state index in [2.05, 4.69) is 91.3 Å². The van der Waals surface area contributed by atoms with E-state index in [-0.39, 0.29) is 11.8 Å². The van der Waals surface area contributed by atoms with Crippen molar-refractivity contribution in [3.8, 4) is 6.07 Å². The van der Waals surface area contributed by atoms with E-state index in [9.17, 15) is 9.59 Å². The summed E-state index contributed by atoms with van der Waals surface area (Å²) in [6.07, 6.45) is 24.2. The lowest BCUT2D eigenvalue weighted by Crippen LogP contribution is -2.16. The highest BCUT2D eigenvalue weighted by Crippen LogP contribution is 2.41. The molecule has 1 saturated heterocycles. The van der Waals surface area contributed by atoms with Crippen molar-refractivity contribution in [3.05, 3.63) is 114 Å². The molecule has 0 saturated carbocycles. The molecule has 0 spiro atoms. The van der Waals surface area contributed by atoms with Crippen molar-refractivity contribution in [2.75, 3.05) is 13.1 Å². The van der Waals surface area contributed by atoms with E-state index in [1.807, 2.05) is 50.9 Å². The number of allylic oxidation sites excluding steroid dienone is 8. The SMILES string of the molecule is C/C=C/C1=CCC(C2CCC(C(C)=O)S2)C=C1.C=C/C=C(\C=C/NCC(=O)C#N)CN/C=C(\N=C)c1ccc(C)cc1CC.CC. The van der Waals surface area contributed by atoms with E-state index >= 15 is 0 Å². The second-order valence-corrected chi connectivity index (χ2v) is 12.1. The van der Waals surface area contributed by atoms with Gasteiger partial charge in [0.1, 0.15) is 11.9 Å². The zero-order chi connectivity index (χ0) is 34.3. The Morgan fingerprint density at radius 3 is 2.52 bits per heavy atom. The molecule has 2 aliphatic rings. The van der Waals surface area contributed by atoms with E-state index < -0.39 is 5.78 Å². The van der Waals surface area contributed by atoms with Gasteiger partial charge in [-0.25, -0.2) is 0 Å². The third-order valence-corrected chi connectivity index (χ3v) is 9.10. The number of Topliss-reactive ketones (excluding diaryl/α,β-unsaturated/α-hetero) is 2. The fourth-order valence-corrected chi connectivity index (χ4v) is 6.50. The van der Waals surface area contributed by atoms with Gasteiger partial charge in [-0.15, -0.1) is 11.8 Å². The second kappa shape index (κ2) is 23.2. The minimum Gasteiger partial charge on any atom is -0.385 e. The Balaban J connectivity index is 0.000000475. The fourth-order valence-electron chi connectivity index (χ4n) is 4.94. The number of carbonyl (C=O) groups is 2. The highest BCUT2D eigenvalue weighted by molar-refractivity contribution is 8.01. The number of nitrogens with one attached hydrogen (secondary N) is 2. The molecule has 1 aromatic rings. The number of thioether (sulfide) groups is 1. The summed E-state index contributed by atoms with van der Waals surface area (Å²) < 4.78 is 0. The zero-order valence-electron chi connectivity index (χ0n) is 28.5. The van der Waals surface area contributed by atoms with E-state index in [4.69, 9.17) is 5.26 Å². The van der Waals surface area contributed by atoms with Crippen molar-refractivity contribution < 1.29 is 9.59 Å². The van der Waals surface area contributed by atoms with Crippen molar-refractivity contribution in [1.82, 2.24) is 10.6 Å². The largest absolute Gasteiger partial charge is 0.385 e. The number of ketones is 2. The third-order valence-electron chi connectivity index (χ3n) is 7.27. The molecule has 3 atom stereocenters. The third kappa shape index (κ3) is 14.3. The minimum absolute atomic E-state index is 0.0144. The molecule has 0 aromatic heterocycles. The number of nitrogens with zero attached hydrogens (tertiary/aromatic N) is 2. The first-order chi connectivity index (χ1) is 22.3. The molecule has 2 N–H and O–H groups in total. The van der Waals surface area contributed by atoms with Crippen molar-refractivity contribution in [2.45, 2.75) is 77.7 Å². The minimum atomic E-state index is -0.513. The number of carbonyl (C=O) groups excluding carboxylic acids is 2. The first-order valence-corrected chi connectivity index (χ1v) is 17.0. The van der Waals surface area contributed by atoms with Gasteiger partial charge in [-0.05, 0) is 88.1 Å². The summed E-state index contributed by atoms with van der Waals surface area (Å²) in [6, 6.07) is 7.84. The molecule has 246 valence electrons.